The number of hydrogen-bond donors (Lipinski definition) is 1. The number of carboxylic acids is 1. The largest absolute Gasteiger partial charge is 0.479 e. The van der Waals surface area contributed by atoms with Gasteiger partial charge in [-0.3, -0.25) is 10.1 Å². The van der Waals surface area contributed by atoms with Crippen LogP contribution in [0, 0.1) is 17.0 Å². The van der Waals surface area contributed by atoms with Crippen LogP contribution in [0.25, 0.3) is 0 Å². The molecule has 0 atom stereocenters. The molecule has 0 aromatic heterocycles. The van der Waals surface area contributed by atoms with E-state index in [-0.39, 0.29) is 5.75 Å². The minimum Gasteiger partial charge on any atom is -0.479 e. The molecule has 0 saturated carbocycles. The Balaban J connectivity index is 2.34. The van der Waals surface area contributed by atoms with Crippen molar-refractivity contribution in [3.63, 3.8) is 0 Å². The zero-order valence-corrected chi connectivity index (χ0v) is 13.6. The van der Waals surface area contributed by atoms with Crippen molar-refractivity contribution in [2.75, 3.05) is 6.61 Å². The predicted octanol–water partition coefficient (Wildman–Crippen LogP) is 3.59. The van der Waals surface area contributed by atoms with Crippen molar-refractivity contribution in [3.05, 3.63) is 62.7 Å². The second-order valence-corrected chi connectivity index (χ2v) is 5.35. The van der Waals surface area contributed by atoms with Gasteiger partial charge in [0.2, 0.25) is 0 Å². The van der Waals surface area contributed by atoms with Crippen LogP contribution in [0.4, 0.5) is 5.69 Å². The molecule has 2 rings (SSSR count). The fourth-order valence-corrected chi connectivity index (χ4v) is 2.20. The normalized spacial score (nSPS) is 10.2. The average molecular weight is 366 g/mol. The van der Waals surface area contributed by atoms with Gasteiger partial charge < -0.3 is 14.6 Å². The van der Waals surface area contributed by atoms with Crippen molar-refractivity contribution in [3.8, 4) is 11.5 Å². The molecule has 0 unspecified atom stereocenters. The number of esters is 1. The second-order valence-electron chi connectivity index (χ2n) is 4.94. The molecule has 0 aliphatic rings. The topological polar surface area (TPSA) is 116 Å². The van der Waals surface area contributed by atoms with E-state index in [1.807, 2.05) is 6.92 Å². The zero-order valence-electron chi connectivity index (χ0n) is 12.9. The van der Waals surface area contributed by atoms with Gasteiger partial charge in [-0.15, -0.1) is 0 Å². The smallest absolute Gasteiger partial charge is 0.345 e. The summed E-state index contributed by atoms with van der Waals surface area (Å²) in [5.74, 6) is -2.12. The maximum absolute atomic E-state index is 11.9. The number of aryl methyl sites for hydroxylation is 1. The Hall–Kier alpha value is -3.13. The zero-order chi connectivity index (χ0) is 18.6. The standard InChI is InChI=1S/C16H12ClNO7/c1-9-2-5-14(12(17)6-9)25-10-3-4-13(18(22)23)11(7-10)16(21)24-8-15(19)20/h2-7H,8H2,1H3,(H,19,20). The summed E-state index contributed by atoms with van der Waals surface area (Å²) in [6.45, 7) is 0.933. The van der Waals surface area contributed by atoms with Gasteiger partial charge in [0.15, 0.2) is 6.61 Å². The second kappa shape index (κ2) is 7.63. The molecule has 8 nitrogen and oxygen atoms in total. The van der Waals surface area contributed by atoms with Gasteiger partial charge in [0.05, 0.1) is 9.95 Å². The van der Waals surface area contributed by atoms with Crippen molar-refractivity contribution in [1.82, 2.24) is 0 Å². The Morgan fingerprint density at radius 1 is 1.24 bits per heavy atom. The molecule has 0 saturated heterocycles. The first-order valence-corrected chi connectivity index (χ1v) is 7.27. The van der Waals surface area contributed by atoms with E-state index in [1.54, 1.807) is 18.2 Å². The van der Waals surface area contributed by atoms with Crippen molar-refractivity contribution in [2.24, 2.45) is 0 Å². The molecule has 0 aliphatic heterocycles. The summed E-state index contributed by atoms with van der Waals surface area (Å²) in [6.07, 6.45) is 0. The lowest BCUT2D eigenvalue weighted by atomic mass is 10.1. The Kier molecular flexibility index (Phi) is 5.56. The molecule has 0 spiro atoms. The Morgan fingerprint density at radius 3 is 2.56 bits per heavy atom. The van der Waals surface area contributed by atoms with Gasteiger partial charge in [0.25, 0.3) is 5.69 Å². The van der Waals surface area contributed by atoms with Gasteiger partial charge >= 0.3 is 11.9 Å². The van der Waals surface area contributed by atoms with Crippen LogP contribution in [-0.2, 0) is 9.53 Å². The molecule has 25 heavy (non-hydrogen) atoms. The van der Waals surface area contributed by atoms with Gasteiger partial charge in [-0.1, -0.05) is 17.7 Å². The predicted molar refractivity (Wildman–Crippen MR) is 87.3 cm³/mol. The van der Waals surface area contributed by atoms with E-state index in [1.165, 1.54) is 6.07 Å². The van der Waals surface area contributed by atoms with Crippen LogP contribution in [0.15, 0.2) is 36.4 Å². The van der Waals surface area contributed by atoms with Crippen molar-refractivity contribution in [2.45, 2.75) is 6.92 Å². The molecule has 0 heterocycles. The highest BCUT2D eigenvalue weighted by molar-refractivity contribution is 6.32. The van der Waals surface area contributed by atoms with Gasteiger partial charge in [0.1, 0.15) is 17.1 Å². The van der Waals surface area contributed by atoms with Gasteiger partial charge in [-0.25, -0.2) is 9.59 Å². The van der Waals surface area contributed by atoms with E-state index in [2.05, 4.69) is 4.74 Å². The number of halogens is 1. The first-order valence-electron chi connectivity index (χ1n) is 6.89. The number of ether oxygens (including phenoxy) is 2. The van der Waals surface area contributed by atoms with E-state index in [0.29, 0.717) is 10.8 Å². The molecule has 9 heteroatoms. The van der Waals surface area contributed by atoms with E-state index in [9.17, 15) is 19.7 Å². The SMILES string of the molecule is Cc1ccc(Oc2ccc([N+](=O)[O-])c(C(=O)OCC(=O)O)c2)c(Cl)c1. The van der Waals surface area contributed by atoms with Crippen molar-refractivity contribution in [1.29, 1.82) is 0 Å². The molecule has 0 bridgehead atoms. The third-order valence-electron chi connectivity index (χ3n) is 3.03. The fraction of sp³-hybridized carbons (Fsp3) is 0.125. The molecule has 2 aromatic carbocycles. The number of carboxylic acid groups (broad SMARTS) is 1. The molecule has 2 aromatic rings. The van der Waals surface area contributed by atoms with E-state index >= 15 is 0 Å². The lowest BCUT2D eigenvalue weighted by Gasteiger charge is -2.10. The van der Waals surface area contributed by atoms with E-state index in [0.717, 1.165) is 17.7 Å². The van der Waals surface area contributed by atoms with Gasteiger partial charge in [-0.05, 0) is 30.7 Å². The molecule has 0 aliphatic carbocycles. The summed E-state index contributed by atoms with van der Waals surface area (Å²) in [4.78, 5) is 32.7. The molecular weight excluding hydrogens is 354 g/mol. The van der Waals surface area contributed by atoms with Crippen LogP contribution >= 0.6 is 11.6 Å². The van der Waals surface area contributed by atoms with Gasteiger partial charge in [-0.2, -0.15) is 0 Å². The number of rotatable bonds is 6. The van der Waals surface area contributed by atoms with Crippen molar-refractivity contribution < 1.29 is 29.1 Å². The Labute approximate surface area is 146 Å². The summed E-state index contributed by atoms with van der Waals surface area (Å²) in [5, 5.41) is 19.9. The molecule has 1 N–H and O–H groups in total. The summed E-state index contributed by atoms with van der Waals surface area (Å²) in [5.41, 5.74) is -0.0382. The molecular formula is C16H12ClNO7. The van der Waals surface area contributed by atoms with Crippen LogP contribution < -0.4 is 4.74 Å². The number of aliphatic carboxylic acids is 1. The number of nitro benzene ring substituents is 1. The van der Waals surface area contributed by atoms with Crippen molar-refractivity contribution >= 4 is 29.2 Å². The van der Waals surface area contributed by atoms with Crippen LogP contribution in [0.5, 0.6) is 11.5 Å². The first kappa shape index (κ1) is 18.2. The van der Waals surface area contributed by atoms with Crippen LogP contribution in [0.2, 0.25) is 5.02 Å². The number of carbonyl (C=O) groups is 2. The maximum Gasteiger partial charge on any atom is 0.345 e. The summed E-state index contributed by atoms with van der Waals surface area (Å²) in [6, 6.07) is 8.50. The first-order chi connectivity index (χ1) is 11.8. The molecule has 0 radical (unpaired) electrons. The van der Waals surface area contributed by atoms with E-state index < -0.39 is 34.7 Å². The van der Waals surface area contributed by atoms with Crippen LogP contribution in [-0.4, -0.2) is 28.6 Å². The Morgan fingerprint density at radius 2 is 1.96 bits per heavy atom. The summed E-state index contributed by atoms with van der Waals surface area (Å²) < 4.78 is 10.0. The van der Waals surface area contributed by atoms with E-state index in [4.69, 9.17) is 21.4 Å². The van der Waals surface area contributed by atoms with Gasteiger partial charge in [0, 0.05) is 12.1 Å². The number of benzene rings is 2. The Bertz CT molecular complexity index is 850. The highest BCUT2D eigenvalue weighted by atomic mass is 35.5. The highest BCUT2D eigenvalue weighted by Gasteiger charge is 2.23. The maximum atomic E-state index is 11.9. The number of hydrogen-bond acceptors (Lipinski definition) is 6. The number of carbonyl (C=O) groups excluding carboxylic acids is 1. The third kappa shape index (κ3) is 4.67. The minimum atomic E-state index is -1.38. The molecule has 0 fully saturated rings. The lowest BCUT2D eigenvalue weighted by Crippen LogP contribution is -2.14. The molecule has 0 amide bonds. The van der Waals surface area contributed by atoms with Crippen LogP contribution in [0.3, 0.4) is 0 Å². The average Bonchev–Trinajstić information content (AvgIpc) is 2.55. The number of nitro groups is 1. The fourth-order valence-electron chi connectivity index (χ4n) is 1.92. The monoisotopic (exact) mass is 365 g/mol. The summed E-state index contributed by atoms with van der Waals surface area (Å²) in [7, 11) is 0. The summed E-state index contributed by atoms with van der Waals surface area (Å²) >= 11 is 6.06. The quantitative estimate of drug-likeness (QED) is 0.472. The lowest BCUT2D eigenvalue weighted by molar-refractivity contribution is -0.385. The van der Waals surface area contributed by atoms with Crippen LogP contribution in [0.1, 0.15) is 15.9 Å². The molecule has 130 valence electrons. The minimum absolute atomic E-state index is 0.110. The number of nitrogens with zero attached hydrogens (tertiary/aromatic N) is 1. The highest BCUT2D eigenvalue weighted by Crippen LogP contribution is 2.32. The third-order valence-corrected chi connectivity index (χ3v) is 3.32.